The number of carboxylic acid groups (broad SMARTS) is 1. The predicted octanol–water partition coefficient (Wildman–Crippen LogP) is 2.06. The molecular weight excluding hydrogens is 298 g/mol. The van der Waals surface area contributed by atoms with E-state index in [1.54, 1.807) is 12.1 Å². The van der Waals surface area contributed by atoms with E-state index in [2.05, 4.69) is 16.0 Å². The summed E-state index contributed by atoms with van der Waals surface area (Å²) in [5.41, 5.74) is 0.0797. The number of aromatic carboxylic acids is 1. The largest absolute Gasteiger partial charge is 0.478 e. The van der Waals surface area contributed by atoms with Gasteiger partial charge in [0.25, 0.3) is 0 Å². The fraction of sp³-hybridized carbons (Fsp3) is 0.438. The van der Waals surface area contributed by atoms with E-state index in [1.807, 2.05) is 20.8 Å². The minimum atomic E-state index is -1.05. The molecule has 126 valence electrons. The molecule has 0 radical (unpaired) electrons. The van der Waals surface area contributed by atoms with Crippen LogP contribution in [-0.2, 0) is 4.79 Å². The van der Waals surface area contributed by atoms with Crippen LogP contribution in [0.4, 0.5) is 10.5 Å². The first-order valence-corrected chi connectivity index (χ1v) is 7.36. The van der Waals surface area contributed by atoms with Gasteiger partial charge in [0.15, 0.2) is 0 Å². The standard InChI is InChI=1S/C16H23N3O4/c1-16(2,3)14(22)17-8-5-9-18-15(23)19-12-7-4-6-11(10-12)13(20)21/h4,6-7,10H,5,8-9H2,1-3H3,(H,17,22)(H,20,21)(H2,18,19,23). The van der Waals surface area contributed by atoms with Crippen molar-refractivity contribution in [3.63, 3.8) is 0 Å². The zero-order chi connectivity index (χ0) is 17.5. The second-order valence-electron chi connectivity index (χ2n) is 6.13. The monoisotopic (exact) mass is 321 g/mol. The van der Waals surface area contributed by atoms with Crippen LogP contribution in [0.3, 0.4) is 0 Å². The number of nitrogens with one attached hydrogen (secondary N) is 3. The van der Waals surface area contributed by atoms with Gasteiger partial charge < -0.3 is 21.1 Å². The van der Waals surface area contributed by atoms with Gasteiger partial charge in [-0.3, -0.25) is 4.79 Å². The molecule has 7 nitrogen and oxygen atoms in total. The Hall–Kier alpha value is -2.57. The van der Waals surface area contributed by atoms with Crippen LogP contribution >= 0.6 is 0 Å². The van der Waals surface area contributed by atoms with Gasteiger partial charge in [-0.15, -0.1) is 0 Å². The molecular formula is C16H23N3O4. The molecule has 0 spiro atoms. The van der Waals surface area contributed by atoms with Crippen LogP contribution in [0.25, 0.3) is 0 Å². The highest BCUT2D eigenvalue weighted by atomic mass is 16.4. The van der Waals surface area contributed by atoms with E-state index in [-0.39, 0.29) is 11.5 Å². The fourth-order valence-electron chi connectivity index (χ4n) is 1.66. The second-order valence-corrected chi connectivity index (χ2v) is 6.13. The van der Waals surface area contributed by atoms with Gasteiger partial charge in [0, 0.05) is 24.2 Å². The topological polar surface area (TPSA) is 108 Å². The summed E-state index contributed by atoms with van der Waals surface area (Å²) < 4.78 is 0. The first-order valence-electron chi connectivity index (χ1n) is 7.36. The number of anilines is 1. The number of rotatable bonds is 6. The van der Waals surface area contributed by atoms with Gasteiger partial charge in [-0.1, -0.05) is 26.8 Å². The lowest BCUT2D eigenvalue weighted by molar-refractivity contribution is -0.128. The molecule has 0 unspecified atom stereocenters. The molecule has 1 aromatic rings. The van der Waals surface area contributed by atoms with Crippen LogP contribution in [0.5, 0.6) is 0 Å². The van der Waals surface area contributed by atoms with Crippen LogP contribution < -0.4 is 16.0 Å². The van der Waals surface area contributed by atoms with Crippen molar-refractivity contribution in [2.75, 3.05) is 18.4 Å². The summed E-state index contributed by atoms with van der Waals surface area (Å²) in [6.45, 7) is 6.37. The van der Waals surface area contributed by atoms with E-state index in [0.29, 0.717) is 25.2 Å². The van der Waals surface area contributed by atoms with Crippen molar-refractivity contribution in [1.29, 1.82) is 0 Å². The van der Waals surface area contributed by atoms with Gasteiger partial charge >= 0.3 is 12.0 Å². The van der Waals surface area contributed by atoms with Gasteiger partial charge in [0.05, 0.1) is 5.56 Å². The lowest BCUT2D eigenvalue weighted by atomic mass is 9.96. The maximum absolute atomic E-state index is 11.7. The molecule has 0 saturated carbocycles. The fourth-order valence-corrected chi connectivity index (χ4v) is 1.66. The molecule has 0 atom stereocenters. The van der Waals surface area contributed by atoms with Crippen LogP contribution in [-0.4, -0.2) is 36.1 Å². The number of hydrogen-bond acceptors (Lipinski definition) is 3. The van der Waals surface area contributed by atoms with E-state index in [0.717, 1.165) is 0 Å². The molecule has 0 heterocycles. The highest BCUT2D eigenvalue weighted by Gasteiger charge is 2.20. The van der Waals surface area contributed by atoms with Crippen LogP contribution in [0.1, 0.15) is 37.6 Å². The molecule has 1 rings (SSSR count). The molecule has 1 aromatic carbocycles. The van der Waals surface area contributed by atoms with Gasteiger partial charge in [0.1, 0.15) is 0 Å². The number of carbonyl (C=O) groups excluding carboxylic acids is 2. The highest BCUT2D eigenvalue weighted by Crippen LogP contribution is 2.12. The third kappa shape index (κ3) is 6.82. The summed E-state index contributed by atoms with van der Waals surface area (Å²) in [4.78, 5) is 34.2. The normalized spacial score (nSPS) is 10.7. The lowest BCUT2D eigenvalue weighted by Crippen LogP contribution is -2.37. The van der Waals surface area contributed by atoms with Gasteiger partial charge in [-0.05, 0) is 24.6 Å². The Labute approximate surface area is 135 Å². The predicted molar refractivity (Wildman–Crippen MR) is 87.5 cm³/mol. The molecule has 0 fully saturated rings. The molecule has 0 aliphatic carbocycles. The number of amides is 3. The van der Waals surface area contributed by atoms with Gasteiger partial charge in [-0.25, -0.2) is 9.59 Å². The maximum Gasteiger partial charge on any atom is 0.335 e. The minimum Gasteiger partial charge on any atom is -0.478 e. The van der Waals surface area contributed by atoms with Crippen molar-refractivity contribution in [1.82, 2.24) is 10.6 Å². The average molecular weight is 321 g/mol. The van der Waals surface area contributed by atoms with Crippen molar-refractivity contribution in [2.45, 2.75) is 27.2 Å². The van der Waals surface area contributed by atoms with Gasteiger partial charge in [0.2, 0.25) is 5.91 Å². The van der Waals surface area contributed by atoms with Crippen LogP contribution in [0.2, 0.25) is 0 Å². The zero-order valence-corrected chi connectivity index (χ0v) is 13.6. The van der Waals surface area contributed by atoms with E-state index < -0.39 is 17.4 Å². The van der Waals surface area contributed by atoms with Crippen LogP contribution in [0.15, 0.2) is 24.3 Å². The molecule has 3 amide bonds. The Bertz CT molecular complexity index is 579. The summed E-state index contributed by atoms with van der Waals surface area (Å²) in [6.07, 6.45) is 0.602. The molecule has 0 aliphatic rings. The van der Waals surface area contributed by atoms with Crippen molar-refractivity contribution < 1.29 is 19.5 Å². The third-order valence-corrected chi connectivity index (χ3v) is 2.97. The molecule has 23 heavy (non-hydrogen) atoms. The van der Waals surface area contributed by atoms with Crippen molar-refractivity contribution >= 4 is 23.6 Å². The SMILES string of the molecule is CC(C)(C)C(=O)NCCCNC(=O)Nc1cccc(C(=O)O)c1. The number of carbonyl (C=O) groups is 3. The molecule has 0 aromatic heterocycles. The quantitative estimate of drug-likeness (QED) is 0.601. The Kier molecular flexibility index (Phi) is 6.56. The smallest absolute Gasteiger partial charge is 0.335 e. The molecule has 0 saturated heterocycles. The maximum atomic E-state index is 11.7. The summed E-state index contributed by atoms with van der Waals surface area (Å²) >= 11 is 0. The average Bonchev–Trinajstić information content (AvgIpc) is 2.45. The number of urea groups is 1. The first kappa shape index (κ1) is 18.5. The van der Waals surface area contributed by atoms with E-state index in [4.69, 9.17) is 5.11 Å². The summed E-state index contributed by atoms with van der Waals surface area (Å²) in [5.74, 6) is -1.09. The number of hydrogen-bond donors (Lipinski definition) is 4. The van der Waals surface area contributed by atoms with Crippen molar-refractivity contribution in [3.05, 3.63) is 29.8 Å². The van der Waals surface area contributed by atoms with Crippen LogP contribution in [0, 0.1) is 5.41 Å². The third-order valence-electron chi connectivity index (χ3n) is 2.97. The Morgan fingerprint density at radius 3 is 2.35 bits per heavy atom. The lowest BCUT2D eigenvalue weighted by Gasteiger charge is -2.17. The minimum absolute atomic E-state index is 0.0348. The van der Waals surface area contributed by atoms with E-state index in [9.17, 15) is 14.4 Å². The Balaban J connectivity index is 2.29. The summed E-state index contributed by atoms with van der Waals surface area (Å²) in [7, 11) is 0. The molecule has 4 N–H and O–H groups in total. The Morgan fingerprint density at radius 2 is 1.74 bits per heavy atom. The van der Waals surface area contributed by atoms with Gasteiger partial charge in [-0.2, -0.15) is 0 Å². The molecule has 7 heteroatoms. The van der Waals surface area contributed by atoms with Crippen molar-refractivity contribution in [3.8, 4) is 0 Å². The zero-order valence-electron chi connectivity index (χ0n) is 13.6. The Morgan fingerprint density at radius 1 is 1.09 bits per heavy atom. The first-order chi connectivity index (χ1) is 10.7. The van der Waals surface area contributed by atoms with E-state index in [1.165, 1.54) is 12.1 Å². The molecule has 0 aliphatic heterocycles. The molecule has 0 bridgehead atoms. The van der Waals surface area contributed by atoms with E-state index >= 15 is 0 Å². The number of carboxylic acids is 1. The second kappa shape index (κ2) is 8.17. The summed E-state index contributed by atoms with van der Waals surface area (Å²) in [5, 5.41) is 16.9. The highest BCUT2D eigenvalue weighted by molar-refractivity contribution is 5.93. The number of benzene rings is 1. The van der Waals surface area contributed by atoms with Crippen molar-refractivity contribution in [2.24, 2.45) is 5.41 Å². The summed E-state index contributed by atoms with van der Waals surface area (Å²) in [6, 6.07) is 5.57.